The molecule has 4 aliphatic carbocycles. The maximum absolute atomic E-state index is 13.0. The molecule has 2 aromatic rings. The van der Waals surface area contributed by atoms with Crippen LogP contribution in [0.4, 0.5) is 5.69 Å². The number of non-ortho nitro benzene ring substituents is 1. The number of amides is 2. The van der Waals surface area contributed by atoms with E-state index in [9.17, 15) is 34.1 Å². The zero-order chi connectivity index (χ0) is 27.4. The van der Waals surface area contributed by atoms with Crippen LogP contribution in [0.15, 0.2) is 60.7 Å². The number of allylic oxidation sites excluding steroid dienone is 2. The third-order valence-electron chi connectivity index (χ3n) is 8.11. The van der Waals surface area contributed by atoms with Crippen molar-refractivity contribution in [1.82, 2.24) is 4.90 Å². The van der Waals surface area contributed by atoms with Crippen LogP contribution in [0.3, 0.4) is 0 Å². The summed E-state index contributed by atoms with van der Waals surface area (Å²) in [5.74, 6) is -2.41. The number of benzene rings is 2. The number of nitro groups is 1. The number of ketones is 1. The number of esters is 2. The standard InChI is InChI=1S/C28H22N2O9/c31-22(14-3-7-17(8-4-14)39-28(35)15-1-5-16(6-2-15)30(36)37)13-38-23(32)12-29-26(33)24-18-9-10-19(21-11-20(18)21)25(24)27(29)34/h1-10,18-21,24-25H,11-13H2. The van der Waals surface area contributed by atoms with Crippen molar-refractivity contribution >= 4 is 35.2 Å². The van der Waals surface area contributed by atoms with Crippen molar-refractivity contribution in [3.8, 4) is 5.75 Å². The molecule has 11 nitrogen and oxygen atoms in total. The van der Waals surface area contributed by atoms with Crippen molar-refractivity contribution < 1.29 is 38.4 Å². The lowest BCUT2D eigenvalue weighted by atomic mass is 9.63. The lowest BCUT2D eigenvalue weighted by Crippen LogP contribution is -2.40. The van der Waals surface area contributed by atoms with Crippen LogP contribution in [0.2, 0.25) is 0 Å². The fraction of sp³-hybridized carbons (Fsp3) is 0.321. The van der Waals surface area contributed by atoms with E-state index in [4.69, 9.17) is 9.47 Å². The maximum Gasteiger partial charge on any atom is 0.343 e. The summed E-state index contributed by atoms with van der Waals surface area (Å²) in [6.07, 6.45) is 5.14. The number of ether oxygens (including phenoxy) is 2. The molecular weight excluding hydrogens is 508 g/mol. The van der Waals surface area contributed by atoms with Gasteiger partial charge in [0.05, 0.1) is 22.3 Å². The Balaban J connectivity index is 1.00. The Bertz CT molecular complexity index is 1410. The highest BCUT2D eigenvalue weighted by Crippen LogP contribution is 2.65. The average molecular weight is 530 g/mol. The third kappa shape index (κ3) is 4.29. The SMILES string of the molecule is O=C(CN1C(=O)C2C3C=CC(C4CC34)C2C1=O)OCC(=O)c1ccc(OC(=O)c2ccc([N+](=O)[O-])cc2)cc1. The van der Waals surface area contributed by atoms with Crippen LogP contribution < -0.4 is 4.74 Å². The Morgan fingerprint density at radius 1 is 0.872 bits per heavy atom. The van der Waals surface area contributed by atoms with Gasteiger partial charge in [-0.1, -0.05) is 12.2 Å². The molecule has 1 heterocycles. The molecule has 3 fully saturated rings. The second-order valence-corrected chi connectivity index (χ2v) is 10.2. The van der Waals surface area contributed by atoms with E-state index >= 15 is 0 Å². The number of nitro benzene ring substituents is 1. The first-order valence-corrected chi connectivity index (χ1v) is 12.5. The van der Waals surface area contributed by atoms with Gasteiger partial charge in [-0.25, -0.2) is 4.79 Å². The van der Waals surface area contributed by atoms with Crippen molar-refractivity contribution in [3.05, 3.63) is 81.9 Å². The van der Waals surface area contributed by atoms with Crippen LogP contribution in [0.5, 0.6) is 5.75 Å². The molecule has 1 aliphatic heterocycles. The molecule has 2 saturated carbocycles. The van der Waals surface area contributed by atoms with E-state index in [1.54, 1.807) is 0 Å². The topological polar surface area (TPSA) is 150 Å². The molecule has 0 radical (unpaired) electrons. The second-order valence-electron chi connectivity index (χ2n) is 10.2. The first-order valence-electron chi connectivity index (χ1n) is 12.5. The summed E-state index contributed by atoms with van der Waals surface area (Å²) in [5, 5.41) is 10.7. The molecule has 2 amide bonds. The molecule has 6 atom stereocenters. The predicted molar refractivity (Wildman–Crippen MR) is 131 cm³/mol. The predicted octanol–water partition coefficient (Wildman–Crippen LogP) is 2.59. The number of carbonyl (C=O) groups excluding carboxylic acids is 5. The molecule has 6 unspecified atom stereocenters. The molecule has 1 saturated heterocycles. The molecule has 7 rings (SSSR count). The minimum atomic E-state index is -0.845. The van der Waals surface area contributed by atoms with Gasteiger partial charge in [0.25, 0.3) is 5.69 Å². The minimum absolute atomic E-state index is 0.0560. The van der Waals surface area contributed by atoms with Gasteiger partial charge in [-0.2, -0.15) is 0 Å². The number of hydrogen-bond acceptors (Lipinski definition) is 9. The summed E-state index contributed by atoms with van der Waals surface area (Å²) >= 11 is 0. The van der Waals surface area contributed by atoms with Crippen molar-refractivity contribution in [2.45, 2.75) is 6.42 Å². The quantitative estimate of drug-likeness (QED) is 0.0954. The second kappa shape index (κ2) is 9.26. The number of hydrogen-bond donors (Lipinski definition) is 0. The fourth-order valence-corrected chi connectivity index (χ4v) is 6.17. The van der Waals surface area contributed by atoms with Crippen LogP contribution in [-0.2, 0) is 19.1 Å². The van der Waals surface area contributed by atoms with Crippen LogP contribution in [0.1, 0.15) is 27.1 Å². The molecule has 0 aromatic heterocycles. The van der Waals surface area contributed by atoms with Gasteiger partial charge in [0.2, 0.25) is 11.8 Å². The van der Waals surface area contributed by atoms with E-state index in [0.717, 1.165) is 11.3 Å². The van der Waals surface area contributed by atoms with Gasteiger partial charge in [0.1, 0.15) is 12.3 Å². The van der Waals surface area contributed by atoms with E-state index in [1.807, 2.05) is 12.2 Å². The first-order chi connectivity index (χ1) is 18.7. The summed E-state index contributed by atoms with van der Waals surface area (Å²) in [5.41, 5.74) is 0.147. The normalized spacial score (nSPS) is 27.5. The number of Topliss-reactive ketones (excluding diaryl/α,β-unsaturated/α-hetero) is 1. The zero-order valence-corrected chi connectivity index (χ0v) is 20.4. The number of carbonyl (C=O) groups is 5. The monoisotopic (exact) mass is 530 g/mol. The average Bonchev–Trinajstić information content (AvgIpc) is 3.73. The van der Waals surface area contributed by atoms with E-state index in [-0.39, 0.29) is 46.2 Å². The van der Waals surface area contributed by atoms with Crippen LogP contribution in [-0.4, -0.2) is 52.5 Å². The smallest absolute Gasteiger partial charge is 0.343 e. The minimum Gasteiger partial charge on any atom is -0.456 e. The molecule has 2 aromatic carbocycles. The van der Waals surface area contributed by atoms with E-state index < -0.39 is 47.6 Å². The van der Waals surface area contributed by atoms with Gasteiger partial charge in [0.15, 0.2) is 12.4 Å². The molecule has 198 valence electrons. The largest absolute Gasteiger partial charge is 0.456 e. The molecule has 0 spiro atoms. The number of likely N-dealkylation sites (tertiary alicyclic amines) is 1. The lowest BCUT2D eigenvalue weighted by molar-refractivity contribution is -0.384. The summed E-state index contributed by atoms with van der Waals surface area (Å²) in [6.45, 7) is -1.11. The van der Waals surface area contributed by atoms with Gasteiger partial charge < -0.3 is 9.47 Å². The molecule has 11 heteroatoms. The number of imide groups is 1. The van der Waals surface area contributed by atoms with Crippen molar-refractivity contribution in [2.75, 3.05) is 13.2 Å². The Morgan fingerprint density at radius 2 is 1.44 bits per heavy atom. The molecule has 5 aliphatic rings. The van der Waals surface area contributed by atoms with Crippen molar-refractivity contribution in [1.29, 1.82) is 0 Å². The molecule has 2 bridgehead atoms. The first kappa shape index (κ1) is 24.7. The fourth-order valence-electron chi connectivity index (χ4n) is 6.17. The van der Waals surface area contributed by atoms with E-state index in [0.29, 0.717) is 11.8 Å². The van der Waals surface area contributed by atoms with Gasteiger partial charge in [-0.15, -0.1) is 0 Å². The van der Waals surface area contributed by atoms with E-state index in [2.05, 4.69) is 0 Å². The summed E-state index contributed by atoms with van der Waals surface area (Å²) in [6, 6.07) is 10.5. The van der Waals surface area contributed by atoms with Gasteiger partial charge in [-0.3, -0.25) is 34.2 Å². The van der Waals surface area contributed by atoms with Crippen LogP contribution in [0.25, 0.3) is 0 Å². The third-order valence-corrected chi connectivity index (χ3v) is 8.11. The highest BCUT2D eigenvalue weighted by Gasteiger charge is 2.67. The molecule has 0 N–H and O–H groups in total. The van der Waals surface area contributed by atoms with Crippen LogP contribution >= 0.6 is 0 Å². The van der Waals surface area contributed by atoms with Gasteiger partial charge >= 0.3 is 11.9 Å². The Labute approximate surface area is 221 Å². The zero-order valence-electron chi connectivity index (χ0n) is 20.4. The summed E-state index contributed by atoms with van der Waals surface area (Å²) in [7, 11) is 0. The van der Waals surface area contributed by atoms with Crippen LogP contribution in [0, 0.1) is 45.6 Å². The van der Waals surface area contributed by atoms with Gasteiger partial charge in [-0.05, 0) is 66.5 Å². The van der Waals surface area contributed by atoms with Gasteiger partial charge in [0, 0.05) is 17.7 Å². The number of nitrogens with zero attached hydrogens (tertiary/aromatic N) is 2. The summed E-state index contributed by atoms with van der Waals surface area (Å²) < 4.78 is 10.3. The lowest BCUT2D eigenvalue weighted by Gasteiger charge is -2.37. The highest BCUT2D eigenvalue weighted by molar-refractivity contribution is 6.08. The van der Waals surface area contributed by atoms with Crippen molar-refractivity contribution in [2.24, 2.45) is 35.5 Å². The maximum atomic E-state index is 13.0. The Morgan fingerprint density at radius 3 is 2.00 bits per heavy atom. The highest BCUT2D eigenvalue weighted by atomic mass is 16.6. The Hall–Kier alpha value is -4.67. The van der Waals surface area contributed by atoms with Crippen molar-refractivity contribution in [3.63, 3.8) is 0 Å². The van der Waals surface area contributed by atoms with E-state index in [1.165, 1.54) is 48.5 Å². The number of rotatable bonds is 8. The molecular formula is C28H22N2O9. The Kier molecular flexibility index (Phi) is 5.86. The summed E-state index contributed by atoms with van der Waals surface area (Å²) in [4.78, 5) is 74.2. The molecule has 39 heavy (non-hydrogen) atoms.